The number of anilines is 1. The second-order valence-electron chi connectivity index (χ2n) is 5.41. The molecule has 0 radical (unpaired) electrons. The second kappa shape index (κ2) is 5.61. The van der Waals surface area contributed by atoms with Crippen LogP contribution >= 0.6 is 0 Å². The van der Waals surface area contributed by atoms with Gasteiger partial charge in [0.2, 0.25) is 0 Å². The molecular weight excluding hydrogens is 238 g/mol. The number of rotatable bonds is 2. The zero-order valence-electron chi connectivity index (χ0n) is 12.2. The van der Waals surface area contributed by atoms with Crippen molar-refractivity contribution in [1.82, 2.24) is 9.80 Å². The minimum absolute atomic E-state index is 0.130. The Labute approximate surface area is 115 Å². The zero-order chi connectivity index (χ0) is 14.0. The number of carbonyl (C=O) groups excluding carboxylic acids is 1. The van der Waals surface area contributed by atoms with Crippen molar-refractivity contribution in [2.24, 2.45) is 0 Å². The number of aryl methyl sites for hydroxylation is 1. The molecule has 19 heavy (non-hydrogen) atoms. The Morgan fingerprint density at radius 1 is 1.37 bits per heavy atom. The summed E-state index contributed by atoms with van der Waals surface area (Å²) in [5.41, 5.74) is 2.84. The number of piperazine rings is 1. The van der Waals surface area contributed by atoms with Crippen molar-refractivity contribution in [2.75, 3.05) is 39.0 Å². The molecule has 1 aromatic carbocycles. The quantitative estimate of drug-likeness (QED) is 0.882. The molecule has 1 N–H and O–H groups in total. The first-order valence-electron chi connectivity index (χ1n) is 6.81. The Morgan fingerprint density at radius 3 is 2.74 bits per heavy atom. The molecule has 1 aliphatic rings. The number of nitrogens with zero attached hydrogens (tertiary/aromatic N) is 2. The minimum Gasteiger partial charge on any atom is -0.387 e. The van der Waals surface area contributed by atoms with Gasteiger partial charge in [-0.25, -0.2) is 0 Å². The maximum Gasteiger partial charge on any atom is 0.256 e. The molecule has 1 fully saturated rings. The van der Waals surface area contributed by atoms with E-state index in [9.17, 15) is 4.79 Å². The summed E-state index contributed by atoms with van der Waals surface area (Å²) in [6.45, 7) is 6.82. The van der Waals surface area contributed by atoms with E-state index in [0.717, 1.165) is 36.4 Å². The van der Waals surface area contributed by atoms with Crippen LogP contribution < -0.4 is 5.32 Å². The van der Waals surface area contributed by atoms with E-state index in [1.54, 1.807) is 0 Å². The van der Waals surface area contributed by atoms with Gasteiger partial charge >= 0.3 is 0 Å². The number of amides is 1. The van der Waals surface area contributed by atoms with E-state index in [1.807, 2.05) is 37.1 Å². The zero-order valence-corrected chi connectivity index (χ0v) is 12.2. The summed E-state index contributed by atoms with van der Waals surface area (Å²) in [4.78, 5) is 16.9. The SMILES string of the molecule is CNc1cc(C)ccc1C(=O)N1CCN(C)CC1C. The average Bonchev–Trinajstić information content (AvgIpc) is 2.37. The Hall–Kier alpha value is -1.55. The number of benzene rings is 1. The third-order valence-electron chi connectivity index (χ3n) is 3.77. The molecule has 0 bridgehead atoms. The van der Waals surface area contributed by atoms with E-state index in [4.69, 9.17) is 0 Å². The number of hydrogen-bond acceptors (Lipinski definition) is 3. The summed E-state index contributed by atoms with van der Waals surface area (Å²) >= 11 is 0. The summed E-state index contributed by atoms with van der Waals surface area (Å²) in [5, 5.41) is 3.12. The van der Waals surface area contributed by atoms with Gasteiger partial charge in [-0.1, -0.05) is 6.07 Å². The van der Waals surface area contributed by atoms with Crippen LogP contribution in [0.1, 0.15) is 22.8 Å². The third-order valence-corrected chi connectivity index (χ3v) is 3.77. The number of hydrogen-bond donors (Lipinski definition) is 1. The molecule has 1 unspecified atom stereocenters. The van der Waals surface area contributed by atoms with Crippen LogP contribution in [0.25, 0.3) is 0 Å². The van der Waals surface area contributed by atoms with E-state index in [0.29, 0.717) is 0 Å². The van der Waals surface area contributed by atoms with E-state index in [1.165, 1.54) is 0 Å². The standard InChI is InChI=1S/C15H23N3O/c1-11-5-6-13(14(9-11)16-3)15(19)18-8-7-17(4)10-12(18)2/h5-6,9,12,16H,7-8,10H2,1-4H3. The first kappa shape index (κ1) is 13.9. The molecule has 1 aromatic rings. The van der Waals surface area contributed by atoms with Crippen molar-refractivity contribution in [3.63, 3.8) is 0 Å². The molecule has 0 aromatic heterocycles. The fourth-order valence-corrected chi connectivity index (χ4v) is 2.65. The summed E-state index contributed by atoms with van der Waals surface area (Å²) in [7, 11) is 3.96. The molecule has 1 amide bonds. The minimum atomic E-state index is 0.130. The maximum atomic E-state index is 12.7. The van der Waals surface area contributed by atoms with Crippen LogP contribution in [0.4, 0.5) is 5.69 Å². The van der Waals surface area contributed by atoms with Gasteiger partial charge in [-0.05, 0) is 38.6 Å². The van der Waals surface area contributed by atoms with Gasteiger partial charge in [-0.2, -0.15) is 0 Å². The number of carbonyl (C=O) groups is 1. The highest BCUT2D eigenvalue weighted by Crippen LogP contribution is 2.21. The molecule has 1 saturated heterocycles. The monoisotopic (exact) mass is 261 g/mol. The largest absolute Gasteiger partial charge is 0.387 e. The van der Waals surface area contributed by atoms with E-state index >= 15 is 0 Å². The fourth-order valence-electron chi connectivity index (χ4n) is 2.65. The highest BCUT2D eigenvalue weighted by Gasteiger charge is 2.27. The van der Waals surface area contributed by atoms with Crippen LogP contribution in [0.15, 0.2) is 18.2 Å². The van der Waals surface area contributed by atoms with Crippen molar-refractivity contribution >= 4 is 11.6 Å². The van der Waals surface area contributed by atoms with Crippen molar-refractivity contribution in [2.45, 2.75) is 19.9 Å². The molecule has 1 aliphatic heterocycles. The smallest absolute Gasteiger partial charge is 0.256 e. The molecule has 4 heteroatoms. The summed E-state index contributed by atoms with van der Waals surface area (Å²) in [5.74, 6) is 0.130. The lowest BCUT2D eigenvalue weighted by Gasteiger charge is -2.38. The van der Waals surface area contributed by atoms with Crippen molar-refractivity contribution in [3.05, 3.63) is 29.3 Å². The van der Waals surface area contributed by atoms with Gasteiger partial charge in [-0.3, -0.25) is 4.79 Å². The Balaban J connectivity index is 2.24. The van der Waals surface area contributed by atoms with Crippen molar-refractivity contribution < 1.29 is 4.79 Å². The topological polar surface area (TPSA) is 35.6 Å². The molecule has 0 aliphatic carbocycles. The van der Waals surface area contributed by atoms with Gasteiger partial charge in [0.15, 0.2) is 0 Å². The molecule has 4 nitrogen and oxygen atoms in total. The molecule has 104 valence electrons. The van der Waals surface area contributed by atoms with Crippen LogP contribution in [0.5, 0.6) is 0 Å². The van der Waals surface area contributed by atoms with Gasteiger partial charge in [0.05, 0.1) is 5.56 Å². The van der Waals surface area contributed by atoms with Crippen LogP contribution in [0, 0.1) is 6.92 Å². The van der Waals surface area contributed by atoms with E-state index in [-0.39, 0.29) is 11.9 Å². The van der Waals surface area contributed by atoms with Gasteiger partial charge in [0.25, 0.3) is 5.91 Å². The average molecular weight is 261 g/mol. The predicted octanol–water partition coefficient (Wildman–Crippen LogP) is 1.81. The second-order valence-corrected chi connectivity index (χ2v) is 5.41. The lowest BCUT2D eigenvalue weighted by molar-refractivity contribution is 0.0534. The first-order chi connectivity index (χ1) is 9.02. The van der Waals surface area contributed by atoms with Gasteiger partial charge < -0.3 is 15.1 Å². The van der Waals surface area contributed by atoms with Crippen LogP contribution in [0.2, 0.25) is 0 Å². The summed E-state index contributed by atoms with van der Waals surface area (Å²) in [6.07, 6.45) is 0. The van der Waals surface area contributed by atoms with Gasteiger partial charge in [0.1, 0.15) is 0 Å². The van der Waals surface area contributed by atoms with Gasteiger partial charge in [-0.15, -0.1) is 0 Å². The fraction of sp³-hybridized carbons (Fsp3) is 0.533. The maximum absolute atomic E-state index is 12.7. The summed E-state index contributed by atoms with van der Waals surface area (Å²) in [6, 6.07) is 6.20. The number of nitrogens with one attached hydrogen (secondary N) is 1. The molecule has 0 spiro atoms. The lowest BCUT2D eigenvalue weighted by Crippen LogP contribution is -2.52. The number of likely N-dealkylation sites (N-methyl/N-ethyl adjacent to an activating group) is 1. The van der Waals surface area contributed by atoms with Crippen molar-refractivity contribution in [1.29, 1.82) is 0 Å². The normalized spacial score (nSPS) is 20.4. The Kier molecular flexibility index (Phi) is 4.10. The van der Waals surface area contributed by atoms with Crippen LogP contribution in [-0.4, -0.2) is 55.5 Å². The third kappa shape index (κ3) is 2.89. The first-order valence-corrected chi connectivity index (χ1v) is 6.81. The molecular formula is C15H23N3O. The van der Waals surface area contributed by atoms with Crippen LogP contribution in [-0.2, 0) is 0 Å². The molecule has 1 heterocycles. The van der Waals surface area contributed by atoms with Crippen molar-refractivity contribution in [3.8, 4) is 0 Å². The Bertz CT molecular complexity index is 472. The van der Waals surface area contributed by atoms with Crippen LogP contribution in [0.3, 0.4) is 0 Å². The predicted molar refractivity (Wildman–Crippen MR) is 78.7 cm³/mol. The Morgan fingerprint density at radius 2 is 2.11 bits per heavy atom. The van der Waals surface area contributed by atoms with E-state index < -0.39 is 0 Å². The highest BCUT2D eigenvalue weighted by atomic mass is 16.2. The highest BCUT2D eigenvalue weighted by molar-refractivity contribution is 6.00. The lowest BCUT2D eigenvalue weighted by atomic mass is 10.1. The molecule has 1 atom stereocenters. The summed E-state index contributed by atoms with van der Waals surface area (Å²) < 4.78 is 0. The van der Waals surface area contributed by atoms with Gasteiger partial charge in [0, 0.05) is 38.4 Å². The molecule has 0 saturated carbocycles. The molecule has 2 rings (SSSR count). The van der Waals surface area contributed by atoms with E-state index in [2.05, 4.69) is 24.2 Å².